The summed E-state index contributed by atoms with van der Waals surface area (Å²) >= 11 is 0. The van der Waals surface area contributed by atoms with E-state index in [2.05, 4.69) is 15.5 Å². The summed E-state index contributed by atoms with van der Waals surface area (Å²) < 4.78 is 5.31. The molecule has 1 atom stereocenters. The van der Waals surface area contributed by atoms with Crippen LogP contribution in [0.2, 0.25) is 0 Å². The highest BCUT2D eigenvalue weighted by atomic mass is 16.5. The van der Waals surface area contributed by atoms with Crippen LogP contribution in [-0.2, 0) is 0 Å². The molecule has 0 saturated heterocycles. The predicted octanol–water partition coefficient (Wildman–Crippen LogP) is 2.83. The van der Waals surface area contributed by atoms with Crippen molar-refractivity contribution in [2.24, 2.45) is 11.7 Å². The van der Waals surface area contributed by atoms with Crippen molar-refractivity contribution in [3.63, 3.8) is 0 Å². The largest absolute Gasteiger partial charge is 0.352 e. The highest BCUT2D eigenvalue weighted by molar-refractivity contribution is 6.07. The van der Waals surface area contributed by atoms with Crippen molar-refractivity contribution in [2.75, 3.05) is 13.1 Å². The van der Waals surface area contributed by atoms with Crippen LogP contribution < -0.4 is 11.1 Å². The van der Waals surface area contributed by atoms with Gasteiger partial charge in [-0.1, -0.05) is 41.9 Å². The van der Waals surface area contributed by atoms with E-state index >= 15 is 0 Å². The number of nitrogens with zero attached hydrogens (tertiary/aromatic N) is 2. The first-order valence-corrected chi connectivity index (χ1v) is 8.32. The normalized spacial score (nSPS) is 12.3. The molecule has 6 heteroatoms. The van der Waals surface area contributed by atoms with Crippen molar-refractivity contribution in [3.05, 3.63) is 47.2 Å². The number of hydrogen-bond donors (Lipinski definition) is 2. The van der Waals surface area contributed by atoms with Crippen LogP contribution in [0.4, 0.5) is 0 Å². The molecule has 1 unspecified atom stereocenters. The van der Waals surface area contributed by atoms with Crippen molar-refractivity contribution in [1.29, 1.82) is 0 Å². The Labute approximate surface area is 146 Å². The van der Waals surface area contributed by atoms with Crippen LogP contribution in [0.1, 0.15) is 28.5 Å². The van der Waals surface area contributed by atoms with Gasteiger partial charge in [-0.15, -0.1) is 0 Å². The van der Waals surface area contributed by atoms with E-state index in [1.54, 1.807) is 13.0 Å². The first-order chi connectivity index (χ1) is 12.0. The lowest BCUT2D eigenvalue weighted by Gasteiger charge is -2.11. The smallest absolute Gasteiger partial charge is 0.259 e. The third-order valence-corrected chi connectivity index (χ3v) is 4.22. The van der Waals surface area contributed by atoms with Gasteiger partial charge in [0, 0.05) is 12.1 Å². The second kappa shape index (κ2) is 7.03. The number of aromatic nitrogens is 2. The van der Waals surface area contributed by atoms with Crippen molar-refractivity contribution in [2.45, 2.75) is 20.8 Å². The van der Waals surface area contributed by atoms with Crippen molar-refractivity contribution in [1.82, 2.24) is 15.5 Å². The highest BCUT2D eigenvalue weighted by Gasteiger charge is 2.19. The van der Waals surface area contributed by atoms with Crippen molar-refractivity contribution in [3.8, 4) is 11.3 Å². The fraction of sp³-hybridized carbons (Fsp3) is 0.316. The number of carbonyl (C=O) groups excluding carboxylic acids is 1. The van der Waals surface area contributed by atoms with E-state index in [1.807, 2.05) is 38.1 Å². The standard InChI is InChI=1S/C19H22N4O2/c1-11-4-6-14(7-5-11)16-8-15(18(24)21-10-12(2)9-20)17-13(3)23-25-19(17)22-16/h4-8,12H,9-10,20H2,1-3H3,(H,21,24). The lowest BCUT2D eigenvalue weighted by molar-refractivity contribution is 0.0950. The van der Waals surface area contributed by atoms with Crippen LogP contribution in [-0.4, -0.2) is 29.1 Å². The van der Waals surface area contributed by atoms with Gasteiger partial charge in [-0.3, -0.25) is 4.79 Å². The van der Waals surface area contributed by atoms with Gasteiger partial charge < -0.3 is 15.6 Å². The zero-order valence-corrected chi connectivity index (χ0v) is 14.7. The summed E-state index contributed by atoms with van der Waals surface area (Å²) in [6.07, 6.45) is 0. The first kappa shape index (κ1) is 17.1. The maximum Gasteiger partial charge on any atom is 0.259 e. The zero-order chi connectivity index (χ0) is 18.0. The molecule has 1 amide bonds. The zero-order valence-electron chi connectivity index (χ0n) is 14.7. The second-order valence-corrected chi connectivity index (χ2v) is 6.42. The monoisotopic (exact) mass is 338 g/mol. The summed E-state index contributed by atoms with van der Waals surface area (Å²) in [6, 6.07) is 9.76. The van der Waals surface area contributed by atoms with Gasteiger partial charge in [0.05, 0.1) is 22.3 Å². The Hall–Kier alpha value is -2.73. The fourth-order valence-corrected chi connectivity index (χ4v) is 2.59. The summed E-state index contributed by atoms with van der Waals surface area (Å²) in [5, 5.41) is 7.54. The summed E-state index contributed by atoms with van der Waals surface area (Å²) in [7, 11) is 0. The lowest BCUT2D eigenvalue weighted by Crippen LogP contribution is -2.31. The van der Waals surface area contributed by atoms with Gasteiger partial charge in [-0.25, -0.2) is 4.98 Å². The molecule has 0 spiro atoms. The van der Waals surface area contributed by atoms with Gasteiger partial charge in [0.2, 0.25) is 0 Å². The number of aryl methyl sites for hydroxylation is 2. The first-order valence-electron chi connectivity index (χ1n) is 8.32. The van der Waals surface area contributed by atoms with Crippen molar-refractivity contribution >= 4 is 17.0 Å². The third kappa shape index (κ3) is 3.53. The molecule has 0 fully saturated rings. The molecule has 130 valence electrons. The number of hydrogen-bond acceptors (Lipinski definition) is 5. The van der Waals surface area contributed by atoms with Crippen molar-refractivity contribution < 1.29 is 9.32 Å². The molecule has 0 aliphatic heterocycles. The minimum atomic E-state index is -0.174. The Balaban J connectivity index is 2.04. The van der Waals surface area contributed by atoms with Gasteiger partial charge >= 0.3 is 0 Å². The molecule has 1 aromatic carbocycles. The molecule has 2 aromatic heterocycles. The van der Waals surface area contributed by atoms with Crippen LogP contribution >= 0.6 is 0 Å². The highest BCUT2D eigenvalue weighted by Crippen LogP contribution is 2.27. The van der Waals surface area contributed by atoms with E-state index in [0.29, 0.717) is 41.1 Å². The van der Waals surface area contributed by atoms with E-state index in [9.17, 15) is 4.79 Å². The van der Waals surface area contributed by atoms with Gasteiger partial charge in [-0.05, 0) is 32.4 Å². The maximum atomic E-state index is 12.7. The van der Waals surface area contributed by atoms with E-state index in [0.717, 1.165) is 11.1 Å². The average molecular weight is 338 g/mol. The molecule has 3 aromatic rings. The number of carbonyl (C=O) groups is 1. The number of fused-ring (bicyclic) bond motifs is 1. The predicted molar refractivity (Wildman–Crippen MR) is 97.3 cm³/mol. The molecule has 3 N–H and O–H groups in total. The molecule has 6 nitrogen and oxygen atoms in total. The van der Waals surface area contributed by atoms with Gasteiger partial charge in [0.25, 0.3) is 11.6 Å². The van der Waals surface area contributed by atoms with E-state index < -0.39 is 0 Å². The molecule has 0 aliphatic carbocycles. The van der Waals surface area contributed by atoms with Gasteiger partial charge in [0.1, 0.15) is 0 Å². The molecule has 0 bridgehead atoms. The molecular formula is C19H22N4O2. The van der Waals surface area contributed by atoms with E-state index in [1.165, 1.54) is 0 Å². The summed E-state index contributed by atoms with van der Waals surface area (Å²) in [4.78, 5) is 17.2. The topological polar surface area (TPSA) is 94.0 Å². The molecule has 0 aliphatic rings. The fourth-order valence-electron chi connectivity index (χ4n) is 2.59. The number of rotatable bonds is 5. The number of pyridine rings is 1. The average Bonchev–Trinajstić information content (AvgIpc) is 3.00. The van der Waals surface area contributed by atoms with E-state index in [-0.39, 0.29) is 11.8 Å². The maximum absolute atomic E-state index is 12.7. The summed E-state index contributed by atoms with van der Waals surface area (Å²) in [5.41, 5.74) is 9.92. The Morgan fingerprint density at radius 3 is 2.68 bits per heavy atom. The molecule has 25 heavy (non-hydrogen) atoms. The molecule has 3 rings (SSSR count). The SMILES string of the molecule is Cc1ccc(-c2cc(C(=O)NCC(C)CN)c3c(C)noc3n2)cc1. The summed E-state index contributed by atoms with van der Waals surface area (Å²) in [5.74, 6) is 0.0359. The molecule has 2 heterocycles. The quantitative estimate of drug-likeness (QED) is 0.746. The Morgan fingerprint density at radius 1 is 1.28 bits per heavy atom. The summed E-state index contributed by atoms with van der Waals surface area (Å²) in [6.45, 7) is 6.86. The van der Waals surface area contributed by atoms with Crippen LogP contribution in [0.15, 0.2) is 34.9 Å². The van der Waals surface area contributed by atoms with Gasteiger partial charge in [0.15, 0.2) is 0 Å². The number of amides is 1. The third-order valence-electron chi connectivity index (χ3n) is 4.22. The van der Waals surface area contributed by atoms with Crippen LogP contribution in [0.25, 0.3) is 22.4 Å². The Morgan fingerprint density at radius 2 is 2.00 bits per heavy atom. The Bertz CT molecular complexity index is 900. The number of nitrogens with one attached hydrogen (secondary N) is 1. The molecule has 0 radical (unpaired) electrons. The van der Waals surface area contributed by atoms with Crippen LogP contribution in [0.3, 0.4) is 0 Å². The van der Waals surface area contributed by atoms with Gasteiger partial charge in [-0.2, -0.15) is 0 Å². The Kier molecular flexibility index (Phi) is 4.81. The number of nitrogens with two attached hydrogens (primary N) is 1. The molecular weight excluding hydrogens is 316 g/mol. The van der Waals surface area contributed by atoms with E-state index in [4.69, 9.17) is 10.3 Å². The second-order valence-electron chi connectivity index (χ2n) is 6.42. The van der Waals surface area contributed by atoms with Crippen LogP contribution in [0, 0.1) is 19.8 Å². The molecule has 0 saturated carbocycles. The minimum absolute atomic E-state index is 0.174. The minimum Gasteiger partial charge on any atom is -0.352 e. The number of benzene rings is 1. The van der Waals surface area contributed by atoms with Crippen LogP contribution in [0.5, 0.6) is 0 Å². The lowest BCUT2D eigenvalue weighted by atomic mass is 10.0.